The first-order chi connectivity index (χ1) is 14.8. The Bertz CT molecular complexity index is 1070. The molecular weight excluding hydrogens is 416 g/mol. The quantitative estimate of drug-likeness (QED) is 0.698. The summed E-state index contributed by atoms with van der Waals surface area (Å²) in [6, 6.07) is 12.2. The lowest BCUT2D eigenvalue weighted by atomic mass is 9.99. The largest absolute Gasteiger partial charge is 0.488 e. The van der Waals surface area contributed by atoms with Gasteiger partial charge >= 0.3 is 0 Å². The molecule has 4 rings (SSSR count). The van der Waals surface area contributed by atoms with Crippen LogP contribution in [-0.4, -0.2) is 41.9 Å². The fraction of sp³-hybridized carbons (Fsp3) is 0.500. The van der Waals surface area contributed by atoms with Crippen molar-refractivity contribution in [2.24, 2.45) is 11.1 Å². The number of aromatic nitrogens is 1. The van der Waals surface area contributed by atoms with Gasteiger partial charge in [-0.15, -0.1) is 0 Å². The fourth-order valence-electron chi connectivity index (χ4n) is 4.47. The number of pyridine rings is 1. The van der Waals surface area contributed by atoms with Crippen LogP contribution in [0.25, 0.3) is 0 Å². The van der Waals surface area contributed by atoms with Crippen LogP contribution in [0.15, 0.2) is 41.2 Å². The Kier molecular flexibility index (Phi) is 6.47. The van der Waals surface area contributed by atoms with Crippen molar-refractivity contribution < 1.29 is 13.2 Å². The molecule has 0 unspecified atom stereocenters. The third-order valence-electron chi connectivity index (χ3n) is 6.25. The summed E-state index contributed by atoms with van der Waals surface area (Å²) >= 11 is 0. The zero-order chi connectivity index (χ0) is 22.0. The average Bonchev–Trinajstić information content (AvgIpc) is 3.15. The first kappa shape index (κ1) is 22.0. The minimum atomic E-state index is -3.63. The molecule has 2 N–H and O–H groups in total. The number of nitrogens with two attached hydrogens (primary N) is 1. The van der Waals surface area contributed by atoms with Crippen LogP contribution in [0.1, 0.15) is 36.6 Å². The minimum Gasteiger partial charge on any atom is -0.488 e. The van der Waals surface area contributed by atoms with Crippen molar-refractivity contribution in [2.75, 3.05) is 19.7 Å². The molecule has 0 radical (unpaired) electrons. The molecular formula is C22H30N4O4S. The number of hydrogen-bond acceptors (Lipinski definition) is 5. The maximum absolute atomic E-state index is 13.0. The van der Waals surface area contributed by atoms with E-state index in [0.29, 0.717) is 51.4 Å². The second-order valence-corrected chi connectivity index (χ2v) is 9.90. The first-order valence-corrected chi connectivity index (χ1v) is 12.3. The molecule has 0 aliphatic carbocycles. The molecule has 8 nitrogen and oxygen atoms in total. The predicted molar refractivity (Wildman–Crippen MR) is 119 cm³/mol. The molecule has 0 saturated carbocycles. The van der Waals surface area contributed by atoms with E-state index in [2.05, 4.69) is 29.2 Å². The van der Waals surface area contributed by atoms with Crippen LogP contribution in [-0.2, 0) is 36.4 Å². The minimum absolute atomic E-state index is 0.112. The highest BCUT2D eigenvalue weighted by atomic mass is 32.2. The summed E-state index contributed by atoms with van der Waals surface area (Å²) in [4.78, 5) is 15.3. The molecule has 31 heavy (non-hydrogen) atoms. The Morgan fingerprint density at radius 3 is 2.29 bits per heavy atom. The summed E-state index contributed by atoms with van der Waals surface area (Å²) in [6.07, 6.45) is 1.35. The Morgan fingerprint density at radius 2 is 1.71 bits per heavy atom. The van der Waals surface area contributed by atoms with Crippen LogP contribution < -0.4 is 15.4 Å². The van der Waals surface area contributed by atoms with Crippen molar-refractivity contribution in [3.8, 4) is 5.75 Å². The lowest BCUT2D eigenvalue weighted by Crippen LogP contribution is -2.43. The Morgan fingerprint density at radius 1 is 1.06 bits per heavy atom. The molecule has 9 heteroatoms. The van der Waals surface area contributed by atoms with E-state index in [1.165, 1.54) is 15.4 Å². The summed E-state index contributed by atoms with van der Waals surface area (Å²) in [6.45, 7) is 6.23. The van der Waals surface area contributed by atoms with Crippen LogP contribution in [0.2, 0.25) is 0 Å². The highest BCUT2D eigenvalue weighted by Gasteiger charge is 2.26. The summed E-state index contributed by atoms with van der Waals surface area (Å²) in [7, 11) is -3.63. The topological polar surface area (TPSA) is 97.9 Å². The molecule has 1 fully saturated rings. The van der Waals surface area contributed by atoms with Crippen LogP contribution in [0.3, 0.4) is 0 Å². The number of benzene rings is 1. The fourth-order valence-corrected chi connectivity index (χ4v) is 5.19. The molecule has 0 spiro atoms. The molecule has 3 heterocycles. The molecule has 2 aliphatic heterocycles. The molecule has 0 bridgehead atoms. The summed E-state index contributed by atoms with van der Waals surface area (Å²) in [5, 5.41) is 5.19. The summed E-state index contributed by atoms with van der Waals surface area (Å²) in [5.41, 5.74) is 3.57. The van der Waals surface area contributed by atoms with Gasteiger partial charge in [-0.25, -0.2) is 5.14 Å². The maximum Gasteiger partial charge on any atom is 0.293 e. The van der Waals surface area contributed by atoms with Gasteiger partial charge in [0.05, 0.1) is 6.61 Å². The lowest BCUT2D eigenvalue weighted by molar-refractivity contribution is 0.183. The molecule has 0 amide bonds. The van der Waals surface area contributed by atoms with E-state index < -0.39 is 10.2 Å². The normalized spacial score (nSPS) is 18.3. The van der Waals surface area contributed by atoms with E-state index in [-0.39, 0.29) is 11.5 Å². The summed E-state index contributed by atoms with van der Waals surface area (Å²) in [5.74, 6) is 0.555. The number of fused-ring (bicyclic) bond motifs is 1. The van der Waals surface area contributed by atoms with Crippen LogP contribution in [0.4, 0.5) is 0 Å². The van der Waals surface area contributed by atoms with Crippen molar-refractivity contribution in [1.29, 1.82) is 0 Å². The number of piperidine rings is 1. The van der Waals surface area contributed by atoms with Gasteiger partial charge in [-0.3, -0.25) is 9.69 Å². The zero-order valence-corrected chi connectivity index (χ0v) is 18.7. The van der Waals surface area contributed by atoms with Gasteiger partial charge in [0.25, 0.3) is 15.8 Å². The van der Waals surface area contributed by atoms with Crippen molar-refractivity contribution in [1.82, 2.24) is 13.8 Å². The highest BCUT2D eigenvalue weighted by molar-refractivity contribution is 7.86. The van der Waals surface area contributed by atoms with E-state index in [0.717, 1.165) is 18.8 Å². The molecule has 2 aromatic rings. The smallest absolute Gasteiger partial charge is 0.293 e. The molecule has 1 saturated heterocycles. The number of rotatable bonds is 7. The van der Waals surface area contributed by atoms with Gasteiger partial charge in [0.2, 0.25) is 0 Å². The van der Waals surface area contributed by atoms with Crippen molar-refractivity contribution in [3.63, 3.8) is 0 Å². The average molecular weight is 447 g/mol. The van der Waals surface area contributed by atoms with Crippen molar-refractivity contribution >= 4 is 10.2 Å². The van der Waals surface area contributed by atoms with Gasteiger partial charge in [0, 0.05) is 45.0 Å². The van der Waals surface area contributed by atoms with Crippen LogP contribution in [0, 0.1) is 5.92 Å². The first-order valence-electron chi connectivity index (χ1n) is 10.8. The molecule has 168 valence electrons. The summed E-state index contributed by atoms with van der Waals surface area (Å²) < 4.78 is 31.8. The van der Waals surface area contributed by atoms with E-state index in [4.69, 9.17) is 9.88 Å². The van der Waals surface area contributed by atoms with Gasteiger partial charge in [0.1, 0.15) is 0 Å². The lowest BCUT2D eigenvalue weighted by Gasteiger charge is -2.29. The second-order valence-electron chi connectivity index (χ2n) is 8.35. The molecule has 2 aliphatic rings. The van der Waals surface area contributed by atoms with Crippen molar-refractivity contribution in [3.05, 3.63) is 63.6 Å². The Labute approximate surface area is 183 Å². The van der Waals surface area contributed by atoms with Crippen molar-refractivity contribution in [2.45, 2.75) is 45.9 Å². The SMILES string of the molecule is CCn1c(CN2Cc3ccccc3C2)ccc(OCC2CCN(S(N)(=O)=O)CC2)c1=O. The predicted octanol–water partition coefficient (Wildman–Crippen LogP) is 1.68. The molecule has 1 aromatic heterocycles. The van der Waals surface area contributed by atoms with Crippen LogP contribution >= 0.6 is 0 Å². The van der Waals surface area contributed by atoms with Gasteiger partial charge in [-0.05, 0) is 48.9 Å². The molecule has 1 aromatic carbocycles. The van der Waals surface area contributed by atoms with E-state index in [1.807, 2.05) is 13.0 Å². The van der Waals surface area contributed by atoms with E-state index >= 15 is 0 Å². The standard InChI is InChI=1S/C22H30N4O4S/c1-2-26-20(15-24-13-18-5-3-4-6-19(18)14-24)7-8-21(22(26)27)30-16-17-9-11-25(12-10-17)31(23,28)29/h3-8,17H,2,9-16H2,1H3,(H2,23,28,29). The Hall–Kier alpha value is -2.20. The second kappa shape index (κ2) is 9.12. The van der Waals surface area contributed by atoms with Crippen LogP contribution in [0.5, 0.6) is 5.75 Å². The number of nitrogens with zero attached hydrogens (tertiary/aromatic N) is 3. The van der Waals surface area contributed by atoms with Gasteiger partial charge in [-0.2, -0.15) is 12.7 Å². The maximum atomic E-state index is 13.0. The number of hydrogen-bond donors (Lipinski definition) is 1. The van der Waals surface area contributed by atoms with Gasteiger partial charge < -0.3 is 9.30 Å². The molecule has 0 atom stereocenters. The van der Waals surface area contributed by atoms with Gasteiger partial charge in [-0.1, -0.05) is 24.3 Å². The third kappa shape index (κ3) is 5.01. The Balaban J connectivity index is 1.38. The van der Waals surface area contributed by atoms with E-state index in [1.54, 1.807) is 10.6 Å². The monoisotopic (exact) mass is 446 g/mol. The zero-order valence-electron chi connectivity index (χ0n) is 17.9. The highest BCUT2D eigenvalue weighted by Crippen LogP contribution is 2.24. The van der Waals surface area contributed by atoms with E-state index in [9.17, 15) is 13.2 Å². The number of ether oxygens (including phenoxy) is 1. The third-order valence-corrected chi connectivity index (χ3v) is 7.33. The van der Waals surface area contributed by atoms with Gasteiger partial charge in [0.15, 0.2) is 5.75 Å².